The van der Waals surface area contributed by atoms with Crippen molar-refractivity contribution in [2.75, 3.05) is 0 Å². The fraction of sp³-hybridized carbons (Fsp3) is 0.706. The highest BCUT2D eigenvalue weighted by atomic mass is 15.0. The van der Waals surface area contributed by atoms with Crippen molar-refractivity contribution in [3.8, 4) is 0 Å². The minimum absolute atomic E-state index is 1.19. The molecule has 0 saturated carbocycles. The van der Waals surface area contributed by atoms with Crippen LogP contribution in [0.4, 0.5) is 0 Å². The van der Waals surface area contributed by atoms with Gasteiger partial charge in [-0.25, -0.2) is 4.57 Å². The van der Waals surface area contributed by atoms with E-state index in [9.17, 15) is 0 Å². The first-order valence-corrected chi connectivity index (χ1v) is 7.83. The Morgan fingerprint density at radius 2 is 1.56 bits per heavy atom. The van der Waals surface area contributed by atoms with Gasteiger partial charge in [-0.1, -0.05) is 40.0 Å². The molecule has 0 atom stereocenters. The zero-order chi connectivity index (χ0) is 13.2. The maximum absolute atomic E-state index is 2.50. The van der Waals surface area contributed by atoms with Crippen LogP contribution in [0.15, 0.2) is 18.3 Å². The van der Waals surface area contributed by atoms with E-state index >= 15 is 0 Å². The summed E-state index contributed by atoms with van der Waals surface area (Å²) < 4.78 is 2.50. The number of unbranched alkanes of at least 4 members (excludes halogenated alkanes) is 3. The van der Waals surface area contributed by atoms with Gasteiger partial charge in [0.2, 0.25) is 0 Å². The summed E-state index contributed by atoms with van der Waals surface area (Å²) in [4.78, 5) is 0. The number of hydrogen-bond acceptors (Lipinski definition) is 0. The highest BCUT2D eigenvalue weighted by Gasteiger charge is 2.14. The van der Waals surface area contributed by atoms with E-state index in [4.69, 9.17) is 0 Å². The Balaban J connectivity index is 2.85. The van der Waals surface area contributed by atoms with Gasteiger partial charge < -0.3 is 0 Å². The molecule has 0 N–H and O–H groups in total. The molecular weight excluding hydrogens is 218 g/mol. The predicted molar refractivity (Wildman–Crippen MR) is 78.8 cm³/mol. The van der Waals surface area contributed by atoms with Gasteiger partial charge in [-0.05, 0) is 25.3 Å². The molecule has 0 radical (unpaired) electrons. The van der Waals surface area contributed by atoms with Gasteiger partial charge >= 0.3 is 0 Å². The molecule has 0 aromatic carbocycles. The number of hydrogen-bond donors (Lipinski definition) is 0. The summed E-state index contributed by atoms with van der Waals surface area (Å²) in [5.41, 5.74) is 3.19. The van der Waals surface area contributed by atoms with Gasteiger partial charge in [0, 0.05) is 24.5 Å². The van der Waals surface area contributed by atoms with E-state index in [0.717, 1.165) is 0 Å². The molecule has 0 amide bonds. The lowest BCUT2D eigenvalue weighted by atomic mass is 10.0. The first-order chi connectivity index (χ1) is 8.83. The maximum atomic E-state index is 2.50. The molecule has 0 aliphatic carbocycles. The van der Waals surface area contributed by atoms with Gasteiger partial charge in [0.05, 0.1) is 0 Å². The van der Waals surface area contributed by atoms with E-state index in [0.29, 0.717) is 0 Å². The summed E-state index contributed by atoms with van der Waals surface area (Å²) in [5.74, 6) is 0. The molecule has 0 fully saturated rings. The molecule has 0 spiro atoms. The maximum Gasteiger partial charge on any atom is 0.184 e. The van der Waals surface area contributed by atoms with Crippen LogP contribution in [0.25, 0.3) is 0 Å². The van der Waals surface area contributed by atoms with Crippen molar-refractivity contribution in [3.63, 3.8) is 0 Å². The minimum atomic E-state index is 1.19. The van der Waals surface area contributed by atoms with Crippen LogP contribution in [-0.2, 0) is 19.4 Å². The fourth-order valence-corrected chi connectivity index (χ4v) is 2.41. The number of pyridine rings is 1. The number of aryl methyl sites for hydroxylation is 2. The van der Waals surface area contributed by atoms with E-state index in [1.807, 2.05) is 0 Å². The van der Waals surface area contributed by atoms with Crippen molar-refractivity contribution in [1.29, 1.82) is 0 Å². The zero-order valence-corrected chi connectivity index (χ0v) is 12.5. The highest BCUT2D eigenvalue weighted by molar-refractivity contribution is 5.16. The summed E-state index contributed by atoms with van der Waals surface area (Å²) in [6, 6.07) is 4.57. The second kappa shape index (κ2) is 9.13. The van der Waals surface area contributed by atoms with Crippen molar-refractivity contribution in [2.45, 2.75) is 78.7 Å². The third-order valence-corrected chi connectivity index (χ3v) is 3.60. The van der Waals surface area contributed by atoms with Gasteiger partial charge in [-0.15, -0.1) is 0 Å². The van der Waals surface area contributed by atoms with Crippen LogP contribution in [0.1, 0.15) is 70.6 Å². The Morgan fingerprint density at radius 1 is 0.889 bits per heavy atom. The Kier molecular flexibility index (Phi) is 7.71. The minimum Gasteiger partial charge on any atom is -0.202 e. The van der Waals surface area contributed by atoms with Gasteiger partial charge in [0.25, 0.3) is 0 Å². The quantitative estimate of drug-likeness (QED) is 0.568. The van der Waals surface area contributed by atoms with Gasteiger partial charge in [-0.2, -0.15) is 0 Å². The van der Waals surface area contributed by atoms with Crippen molar-refractivity contribution in [2.24, 2.45) is 0 Å². The summed E-state index contributed by atoms with van der Waals surface area (Å²) in [7, 11) is 0. The van der Waals surface area contributed by atoms with E-state index in [1.54, 1.807) is 11.3 Å². The second-order valence-corrected chi connectivity index (χ2v) is 5.23. The third-order valence-electron chi connectivity index (χ3n) is 3.60. The lowest BCUT2D eigenvalue weighted by Crippen LogP contribution is -2.39. The predicted octanol–water partition coefficient (Wildman–Crippen LogP) is 4.46. The lowest BCUT2D eigenvalue weighted by Gasteiger charge is -2.09. The molecule has 1 heterocycles. The molecule has 0 bridgehead atoms. The molecule has 1 aromatic rings. The number of nitrogens with zero attached hydrogens (tertiary/aromatic N) is 1. The molecule has 18 heavy (non-hydrogen) atoms. The zero-order valence-electron chi connectivity index (χ0n) is 12.5. The molecule has 1 heteroatoms. The first kappa shape index (κ1) is 15.2. The monoisotopic (exact) mass is 248 g/mol. The average molecular weight is 248 g/mol. The Labute approximate surface area is 113 Å². The summed E-state index contributed by atoms with van der Waals surface area (Å²) >= 11 is 0. The van der Waals surface area contributed by atoms with Crippen LogP contribution in [0, 0.1) is 0 Å². The summed E-state index contributed by atoms with van der Waals surface area (Å²) in [5, 5.41) is 0. The molecule has 1 aromatic heterocycles. The molecule has 0 aliphatic heterocycles. The van der Waals surface area contributed by atoms with E-state index in [1.165, 1.54) is 57.9 Å². The van der Waals surface area contributed by atoms with Crippen molar-refractivity contribution >= 4 is 0 Å². The normalized spacial score (nSPS) is 10.8. The third kappa shape index (κ3) is 4.80. The van der Waals surface area contributed by atoms with Gasteiger partial charge in [0.1, 0.15) is 6.54 Å². The van der Waals surface area contributed by atoms with Crippen LogP contribution in [0.5, 0.6) is 0 Å². The highest BCUT2D eigenvalue weighted by Crippen LogP contribution is 2.11. The van der Waals surface area contributed by atoms with E-state index in [2.05, 4.69) is 43.7 Å². The second-order valence-electron chi connectivity index (χ2n) is 5.23. The molecule has 102 valence electrons. The average Bonchev–Trinajstić information content (AvgIpc) is 2.41. The van der Waals surface area contributed by atoms with Crippen LogP contribution >= 0.6 is 0 Å². The Hall–Kier alpha value is -0.850. The first-order valence-electron chi connectivity index (χ1n) is 7.83. The smallest absolute Gasteiger partial charge is 0.184 e. The van der Waals surface area contributed by atoms with E-state index < -0.39 is 0 Å². The van der Waals surface area contributed by atoms with Crippen LogP contribution in [-0.4, -0.2) is 0 Å². The van der Waals surface area contributed by atoms with Crippen LogP contribution in [0.3, 0.4) is 0 Å². The summed E-state index contributed by atoms with van der Waals surface area (Å²) in [6.07, 6.45) is 12.6. The van der Waals surface area contributed by atoms with Crippen molar-refractivity contribution < 1.29 is 4.57 Å². The van der Waals surface area contributed by atoms with Gasteiger partial charge in [0.15, 0.2) is 11.9 Å². The molecular formula is C17H30N+. The molecule has 0 aliphatic rings. The molecule has 1 rings (SSSR count). The lowest BCUT2D eigenvalue weighted by molar-refractivity contribution is -0.705. The van der Waals surface area contributed by atoms with Crippen molar-refractivity contribution in [1.82, 2.24) is 0 Å². The van der Waals surface area contributed by atoms with Gasteiger partial charge in [-0.3, -0.25) is 0 Å². The molecule has 0 unspecified atom stereocenters. The molecule has 0 saturated heterocycles. The SMILES string of the molecule is CCCCc1ccc[n+](CCCC)c1CCCC. The fourth-order valence-electron chi connectivity index (χ4n) is 2.41. The molecule has 1 nitrogen and oxygen atoms in total. The van der Waals surface area contributed by atoms with Crippen LogP contribution in [0.2, 0.25) is 0 Å². The largest absolute Gasteiger partial charge is 0.202 e. The van der Waals surface area contributed by atoms with E-state index in [-0.39, 0.29) is 0 Å². The Bertz CT molecular complexity index is 304. The standard InChI is InChI=1S/C17H30N/c1-4-7-11-16-12-10-15-18(14-9-6-3)17(16)13-8-5-2/h10,12,15H,4-9,11,13-14H2,1-3H3/q+1. The van der Waals surface area contributed by atoms with Crippen LogP contribution < -0.4 is 4.57 Å². The topological polar surface area (TPSA) is 3.88 Å². The van der Waals surface area contributed by atoms with Crippen molar-refractivity contribution in [3.05, 3.63) is 29.6 Å². The summed E-state index contributed by atoms with van der Waals surface area (Å²) in [6.45, 7) is 8.02. The number of aromatic nitrogens is 1. The Morgan fingerprint density at radius 3 is 2.22 bits per heavy atom. The number of rotatable bonds is 9.